The lowest BCUT2D eigenvalue weighted by molar-refractivity contribution is 0.0174. The number of nitrogens with one attached hydrogen (secondary N) is 1. The Hall–Kier alpha value is -0.910. The number of aryl methyl sites for hydroxylation is 2. The predicted octanol–water partition coefficient (Wildman–Crippen LogP) is 0.381. The number of nitrogens with zero attached hydrogens (tertiary/aromatic N) is 3. The Bertz CT molecular complexity index is 386. The number of hydrogen-bond donors (Lipinski definition) is 1. The van der Waals surface area contributed by atoms with Gasteiger partial charge in [0, 0.05) is 45.3 Å². The van der Waals surface area contributed by atoms with Gasteiger partial charge >= 0.3 is 0 Å². The summed E-state index contributed by atoms with van der Waals surface area (Å²) in [6.45, 7) is 11.8. The molecule has 1 aromatic rings. The minimum atomic E-state index is 0.740. The van der Waals surface area contributed by atoms with E-state index in [-0.39, 0.29) is 0 Å². The highest BCUT2D eigenvalue weighted by molar-refractivity contribution is 5.05. The van der Waals surface area contributed by atoms with Crippen molar-refractivity contribution < 1.29 is 4.42 Å². The fourth-order valence-electron chi connectivity index (χ4n) is 2.75. The van der Waals surface area contributed by atoms with Crippen molar-refractivity contribution >= 4 is 0 Å². The van der Waals surface area contributed by atoms with Gasteiger partial charge in [-0.1, -0.05) is 0 Å². The number of rotatable bonds is 3. The van der Waals surface area contributed by atoms with Crippen molar-refractivity contribution in [1.82, 2.24) is 20.1 Å². The largest absolute Gasteiger partial charge is 0.444 e. The maximum absolute atomic E-state index is 5.62. The van der Waals surface area contributed by atoms with Crippen LogP contribution in [-0.4, -0.2) is 60.1 Å². The molecule has 18 heavy (non-hydrogen) atoms. The summed E-state index contributed by atoms with van der Waals surface area (Å²) in [6, 6.07) is 0.740. The van der Waals surface area contributed by atoms with Gasteiger partial charge in [0.2, 0.25) is 5.89 Å². The molecule has 2 fully saturated rings. The highest BCUT2D eigenvalue weighted by atomic mass is 16.4. The summed E-state index contributed by atoms with van der Waals surface area (Å²) < 4.78 is 5.62. The Kier molecular flexibility index (Phi) is 3.37. The Morgan fingerprint density at radius 3 is 2.61 bits per heavy atom. The third-order valence-corrected chi connectivity index (χ3v) is 4.04. The van der Waals surface area contributed by atoms with Gasteiger partial charge in [0.05, 0.1) is 12.2 Å². The Morgan fingerprint density at radius 1 is 1.28 bits per heavy atom. The molecule has 2 aliphatic rings. The lowest BCUT2D eigenvalue weighted by Gasteiger charge is -2.46. The second-order valence-electron chi connectivity index (χ2n) is 5.38. The first-order valence-corrected chi connectivity index (χ1v) is 6.82. The first-order valence-electron chi connectivity index (χ1n) is 6.82. The zero-order chi connectivity index (χ0) is 12.5. The van der Waals surface area contributed by atoms with Crippen molar-refractivity contribution in [2.75, 3.05) is 39.3 Å². The number of piperazine rings is 1. The van der Waals surface area contributed by atoms with Gasteiger partial charge in [-0.3, -0.25) is 9.80 Å². The monoisotopic (exact) mass is 250 g/mol. The zero-order valence-electron chi connectivity index (χ0n) is 11.3. The standard InChI is InChI=1S/C13H22N4O/c1-10-11(2)18-13(15-10)9-16-7-12(8-16)17-5-3-14-4-6-17/h12,14H,3-9H2,1-2H3. The lowest BCUT2D eigenvalue weighted by Crippen LogP contribution is -2.62. The molecule has 0 aromatic carbocycles. The van der Waals surface area contributed by atoms with Crippen LogP contribution in [0.3, 0.4) is 0 Å². The van der Waals surface area contributed by atoms with E-state index in [1.54, 1.807) is 0 Å². The summed E-state index contributed by atoms with van der Waals surface area (Å²) in [4.78, 5) is 9.45. The summed E-state index contributed by atoms with van der Waals surface area (Å²) in [5.74, 6) is 1.81. The van der Waals surface area contributed by atoms with Crippen LogP contribution in [0.1, 0.15) is 17.3 Å². The molecule has 0 spiro atoms. The molecule has 0 bridgehead atoms. The van der Waals surface area contributed by atoms with Crippen molar-refractivity contribution in [2.45, 2.75) is 26.4 Å². The molecule has 3 rings (SSSR count). The van der Waals surface area contributed by atoms with Crippen LogP contribution in [0.2, 0.25) is 0 Å². The van der Waals surface area contributed by atoms with Gasteiger partial charge in [-0.05, 0) is 13.8 Å². The summed E-state index contributed by atoms with van der Waals surface area (Å²) in [6.07, 6.45) is 0. The molecule has 0 unspecified atom stereocenters. The quantitative estimate of drug-likeness (QED) is 0.840. The van der Waals surface area contributed by atoms with Crippen LogP contribution in [0.5, 0.6) is 0 Å². The number of likely N-dealkylation sites (tertiary alicyclic amines) is 1. The third-order valence-electron chi connectivity index (χ3n) is 4.04. The molecule has 2 aliphatic heterocycles. The molecular formula is C13H22N4O. The lowest BCUT2D eigenvalue weighted by atomic mass is 10.1. The van der Waals surface area contributed by atoms with Crippen LogP contribution in [0.25, 0.3) is 0 Å². The van der Waals surface area contributed by atoms with E-state index in [2.05, 4.69) is 20.1 Å². The molecule has 1 N–H and O–H groups in total. The fraction of sp³-hybridized carbons (Fsp3) is 0.769. The van der Waals surface area contributed by atoms with Gasteiger partial charge in [-0.2, -0.15) is 0 Å². The van der Waals surface area contributed by atoms with Crippen molar-refractivity contribution in [3.63, 3.8) is 0 Å². The van der Waals surface area contributed by atoms with Crippen molar-refractivity contribution in [3.8, 4) is 0 Å². The molecule has 5 heteroatoms. The van der Waals surface area contributed by atoms with E-state index in [0.29, 0.717) is 0 Å². The average Bonchev–Trinajstić information content (AvgIpc) is 2.64. The smallest absolute Gasteiger partial charge is 0.208 e. The van der Waals surface area contributed by atoms with Crippen LogP contribution in [0, 0.1) is 13.8 Å². The first-order chi connectivity index (χ1) is 8.72. The maximum atomic E-state index is 5.62. The van der Waals surface area contributed by atoms with Crippen LogP contribution in [0.4, 0.5) is 0 Å². The first kappa shape index (κ1) is 12.1. The van der Waals surface area contributed by atoms with Gasteiger partial charge in [0.15, 0.2) is 0 Å². The number of aromatic nitrogens is 1. The second-order valence-corrected chi connectivity index (χ2v) is 5.38. The number of hydrogen-bond acceptors (Lipinski definition) is 5. The molecule has 5 nitrogen and oxygen atoms in total. The molecule has 0 radical (unpaired) electrons. The minimum Gasteiger partial charge on any atom is -0.444 e. The van der Waals surface area contributed by atoms with E-state index in [1.165, 1.54) is 13.1 Å². The van der Waals surface area contributed by atoms with E-state index in [4.69, 9.17) is 4.42 Å². The molecule has 0 amide bonds. The fourth-order valence-corrected chi connectivity index (χ4v) is 2.75. The zero-order valence-corrected chi connectivity index (χ0v) is 11.3. The summed E-state index contributed by atoms with van der Waals surface area (Å²) in [5.41, 5.74) is 1.02. The van der Waals surface area contributed by atoms with Crippen molar-refractivity contribution in [2.24, 2.45) is 0 Å². The van der Waals surface area contributed by atoms with Crippen LogP contribution < -0.4 is 5.32 Å². The third kappa shape index (κ3) is 2.43. The highest BCUT2D eigenvalue weighted by Gasteiger charge is 2.32. The average molecular weight is 250 g/mol. The molecule has 0 atom stereocenters. The van der Waals surface area contributed by atoms with Gasteiger partial charge in [-0.25, -0.2) is 4.98 Å². The van der Waals surface area contributed by atoms with Gasteiger partial charge in [0.25, 0.3) is 0 Å². The molecule has 2 saturated heterocycles. The van der Waals surface area contributed by atoms with Crippen LogP contribution in [-0.2, 0) is 6.54 Å². The Balaban J connectivity index is 1.47. The maximum Gasteiger partial charge on any atom is 0.208 e. The Morgan fingerprint density at radius 2 is 2.00 bits per heavy atom. The topological polar surface area (TPSA) is 44.5 Å². The van der Waals surface area contributed by atoms with E-state index < -0.39 is 0 Å². The predicted molar refractivity (Wildman–Crippen MR) is 69.5 cm³/mol. The van der Waals surface area contributed by atoms with Crippen molar-refractivity contribution in [3.05, 3.63) is 17.3 Å². The van der Waals surface area contributed by atoms with Gasteiger partial charge < -0.3 is 9.73 Å². The second kappa shape index (κ2) is 4.99. The van der Waals surface area contributed by atoms with Crippen molar-refractivity contribution in [1.29, 1.82) is 0 Å². The van der Waals surface area contributed by atoms with Gasteiger partial charge in [-0.15, -0.1) is 0 Å². The molecular weight excluding hydrogens is 228 g/mol. The highest BCUT2D eigenvalue weighted by Crippen LogP contribution is 2.19. The van der Waals surface area contributed by atoms with Crippen LogP contribution in [0.15, 0.2) is 4.42 Å². The van der Waals surface area contributed by atoms with Crippen LogP contribution >= 0.6 is 0 Å². The SMILES string of the molecule is Cc1nc(CN2CC(N3CCNCC3)C2)oc1C. The number of oxazole rings is 1. The molecule has 1 aromatic heterocycles. The molecule has 0 aliphatic carbocycles. The normalized spacial score (nSPS) is 23.2. The summed E-state index contributed by atoms with van der Waals surface area (Å²) in [5, 5.41) is 3.40. The minimum absolute atomic E-state index is 0.740. The van der Waals surface area contributed by atoms with E-state index >= 15 is 0 Å². The van der Waals surface area contributed by atoms with E-state index in [1.807, 2.05) is 13.8 Å². The molecule has 100 valence electrons. The Labute approximate surface area is 108 Å². The summed E-state index contributed by atoms with van der Waals surface area (Å²) >= 11 is 0. The molecule has 0 saturated carbocycles. The summed E-state index contributed by atoms with van der Waals surface area (Å²) in [7, 11) is 0. The van der Waals surface area contributed by atoms with E-state index in [9.17, 15) is 0 Å². The van der Waals surface area contributed by atoms with E-state index in [0.717, 1.165) is 56.1 Å². The van der Waals surface area contributed by atoms with Gasteiger partial charge in [0.1, 0.15) is 5.76 Å². The molecule has 3 heterocycles.